The third-order valence-electron chi connectivity index (χ3n) is 5.42. The van der Waals surface area contributed by atoms with Crippen LogP contribution in [-0.2, 0) is 4.74 Å². The molecule has 0 radical (unpaired) electrons. The normalized spacial score (nSPS) is 25.2. The van der Waals surface area contributed by atoms with Crippen LogP contribution in [-0.4, -0.2) is 68.5 Å². The fraction of sp³-hybridized carbons (Fsp3) is 0.318. The molecule has 4 rings (SSSR count). The summed E-state index contributed by atoms with van der Waals surface area (Å²) in [6.07, 6.45) is -7.26. The highest BCUT2D eigenvalue weighted by Crippen LogP contribution is 2.39. The van der Waals surface area contributed by atoms with Crippen LogP contribution < -0.4 is 14.9 Å². The molecular formula is C22H22O11. The van der Waals surface area contributed by atoms with Crippen LogP contribution in [0.3, 0.4) is 0 Å². The minimum absolute atomic E-state index is 0.0688. The van der Waals surface area contributed by atoms with E-state index in [0.29, 0.717) is 0 Å². The van der Waals surface area contributed by atoms with Gasteiger partial charge >= 0.3 is 0 Å². The first kappa shape index (κ1) is 22.7. The van der Waals surface area contributed by atoms with Crippen molar-refractivity contribution < 1.29 is 49.3 Å². The summed E-state index contributed by atoms with van der Waals surface area (Å²) in [5, 5.41) is 60.0. The summed E-state index contributed by atoms with van der Waals surface area (Å²) in [4.78, 5) is 13.4. The van der Waals surface area contributed by atoms with Crippen molar-refractivity contribution in [3.8, 4) is 40.1 Å². The van der Waals surface area contributed by atoms with Gasteiger partial charge in [-0.05, 0) is 25.1 Å². The molecule has 176 valence electrons. The third-order valence-corrected chi connectivity index (χ3v) is 5.42. The van der Waals surface area contributed by atoms with Gasteiger partial charge in [-0.1, -0.05) is 0 Å². The summed E-state index contributed by atoms with van der Waals surface area (Å²) in [6.45, 7) is 1.44. The van der Waals surface area contributed by atoms with Crippen LogP contribution in [0, 0.1) is 0 Å². The van der Waals surface area contributed by atoms with Crippen molar-refractivity contribution >= 4 is 11.0 Å². The highest BCUT2D eigenvalue weighted by Gasteiger charge is 2.44. The summed E-state index contributed by atoms with van der Waals surface area (Å²) >= 11 is 0. The molecule has 0 saturated carbocycles. The molecule has 1 saturated heterocycles. The lowest BCUT2D eigenvalue weighted by Gasteiger charge is -2.38. The maximum absolute atomic E-state index is 13.4. The molecule has 0 aliphatic carbocycles. The summed E-state index contributed by atoms with van der Waals surface area (Å²) < 4.78 is 22.0. The zero-order valence-electron chi connectivity index (χ0n) is 17.5. The summed E-state index contributed by atoms with van der Waals surface area (Å²) in [6, 6.07) is 6.17. The Morgan fingerprint density at radius 3 is 2.30 bits per heavy atom. The number of aromatic hydroxyl groups is 3. The van der Waals surface area contributed by atoms with Crippen LogP contribution in [0.2, 0.25) is 0 Å². The standard InChI is InChI=1S/C22H22O11/c1-8-16(26)18(28)19(29)22(31-8)33-21-17(27)15-13(25)6-10(30-2)7-14(15)32-20(21)9-3-4-11(23)12(24)5-9/h3-8,16,18-19,22-26,28-29H,1-2H3/t8-,16-,18+,19+,22-/m0/s1. The molecule has 5 atom stereocenters. The van der Waals surface area contributed by atoms with Gasteiger partial charge in [-0.3, -0.25) is 4.79 Å². The molecule has 0 amide bonds. The molecule has 0 spiro atoms. The first-order chi connectivity index (χ1) is 15.6. The van der Waals surface area contributed by atoms with Gasteiger partial charge in [-0.15, -0.1) is 0 Å². The SMILES string of the molecule is COc1cc(O)c2c(=O)c(O[C@@H]3O[C@@H](C)[C@H](O)[C@@H](O)[C@H]3O)c(-c3ccc(O)c(O)c3)oc2c1. The fourth-order valence-corrected chi connectivity index (χ4v) is 3.56. The van der Waals surface area contributed by atoms with Crippen molar-refractivity contribution in [2.24, 2.45) is 0 Å². The van der Waals surface area contributed by atoms with Crippen molar-refractivity contribution in [3.63, 3.8) is 0 Å². The predicted octanol–water partition coefficient (Wildman–Crippen LogP) is 0.792. The molecule has 33 heavy (non-hydrogen) atoms. The molecular weight excluding hydrogens is 440 g/mol. The quantitative estimate of drug-likeness (QED) is 0.302. The Morgan fingerprint density at radius 2 is 1.64 bits per heavy atom. The number of ether oxygens (including phenoxy) is 3. The van der Waals surface area contributed by atoms with Gasteiger partial charge in [0.15, 0.2) is 17.3 Å². The lowest BCUT2D eigenvalue weighted by atomic mass is 10.00. The van der Waals surface area contributed by atoms with E-state index in [1.165, 1.54) is 32.2 Å². The van der Waals surface area contributed by atoms with Crippen molar-refractivity contribution in [3.05, 3.63) is 40.6 Å². The Labute approximate surface area is 186 Å². The average Bonchev–Trinajstić information content (AvgIpc) is 2.78. The Hall–Kier alpha value is -3.51. The summed E-state index contributed by atoms with van der Waals surface area (Å²) in [5.74, 6) is -1.91. The summed E-state index contributed by atoms with van der Waals surface area (Å²) in [5.41, 5.74) is -0.802. The van der Waals surface area contributed by atoms with E-state index in [4.69, 9.17) is 18.6 Å². The van der Waals surface area contributed by atoms with Gasteiger partial charge in [0, 0.05) is 17.7 Å². The monoisotopic (exact) mass is 462 g/mol. The van der Waals surface area contributed by atoms with Crippen molar-refractivity contribution in [1.82, 2.24) is 0 Å². The molecule has 1 aromatic heterocycles. The van der Waals surface area contributed by atoms with Gasteiger partial charge < -0.3 is 49.3 Å². The van der Waals surface area contributed by atoms with Gasteiger partial charge in [0.05, 0.1) is 13.2 Å². The number of aliphatic hydroxyl groups is 3. The lowest BCUT2D eigenvalue weighted by molar-refractivity contribution is -0.268. The van der Waals surface area contributed by atoms with E-state index in [0.717, 1.165) is 12.1 Å². The van der Waals surface area contributed by atoms with E-state index >= 15 is 0 Å². The zero-order valence-corrected chi connectivity index (χ0v) is 17.5. The van der Waals surface area contributed by atoms with E-state index in [1.807, 2.05) is 0 Å². The van der Waals surface area contributed by atoms with Crippen molar-refractivity contribution in [1.29, 1.82) is 0 Å². The topological polar surface area (TPSA) is 179 Å². The summed E-state index contributed by atoms with van der Waals surface area (Å²) in [7, 11) is 1.36. The molecule has 1 aliphatic rings. The van der Waals surface area contributed by atoms with Gasteiger partial charge in [-0.2, -0.15) is 0 Å². The first-order valence-electron chi connectivity index (χ1n) is 9.88. The second-order valence-electron chi connectivity index (χ2n) is 7.61. The first-order valence-corrected chi connectivity index (χ1v) is 9.88. The Bertz CT molecular complexity index is 1250. The van der Waals surface area contributed by atoms with Crippen LogP contribution in [0.15, 0.2) is 39.5 Å². The van der Waals surface area contributed by atoms with Crippen LogP contribution in [0.4, 0.5) is 0 Å². The number of hydrogen-bond acceptors (Lipinski definition) is 11. The maximum atomic E-state index is 13.4. The minimum atomic E-state index is -1.73. The molecule has 1 fully saturated rings. The van der Waals surface area contributed by atoms with Gasteiger partial charge in [-0.25, -0.2) is 0 Å². The Kier molecular flexibility index (Phi) is 5.80. The predicted molar refractivity (Wildman–Crippen MR) is 112 cm³/mol. The fourth-order valence-electron chi connectivity index (χ4n) is 3.56. The smallest absolute Gasteiger partial charge is 0.239 e. The number of phenolic OH excluding ortho intramolecular Hbond substituents is 3. The second kappa shape index (κ2) is 8.45. The van der Waals surface area contributed by atoms with E-state index < -0.39 is 59.1 Å². The maximum Gasteiger partial charge on any atom is 0.239 e. The molecule has 0 unspecified atom stereocenters. The molecule has 6 N–H and O–H groups in total. The number of benzene rings is 2. The number of phenols is 3. The lowest BCUT2D eigenvalue weighted by Crippen LogP contribution is -2.58. The molecule has 11 nitrogen and oxygen atoms in total. The van der Waals surface area contributed by atoms with E-state index in [9.17, 15) is 35.4 Å². The Morgan fingerprint density at radius 1 is 0.909 bits per heavy atom. The van der Waals surface area contributed by atoms with Crippen LogP contribution in [0.1, 0.15) is 6.92 Å². The van der Waals surface area contributed by atoms with Crippen molar-refractivity contribution in [2.75, 3.05) is 7.11 Å². The number of methoxy groups -OCH3 is 1. The van der Waals surface area contributed by atoms with Crippen LogP contribution in [0.25, 0.3) is 22.3 Å². The molecule has 1 aliphatic heterocycles. The highest BCUT2D eigenvalue weighted by molar-refractivity contribution is 5.88. The van der Waals surface area contributed by atoms with E-state index in [-0.39, 0.29) is 28.0 Å². The van der Waals surface area contributed by atoms with E-state index in [1.54, 1.807) is 0 Å². The van der Waals surface area contributed by atoms with Gasteiger partial charge in [0.2, 0.25) is 17.5 Å². The number of fused-ring (bicyclic) bond motifs is 1. The minimum Gasteiger partial charge on any atom is -0.507 e. The third kappa shape index (κ3) is 3.91. The van der Waals surface area contributed by atoms with Crippen molar-refractivity contribution in [2.45, 2.75) is 37.6 Å². The second-order valence-corrected chi connectivity index (χ2v) is 7.61. The highest BCUT2D eigenvalue weighted by atomic mass is 16.7. The molecule has 3 aromatic rings. The zero-order chi connectivity index (χ0) is 24.0. The van der Waals surface area contributed by atoms with E-state index in [2.05, 4.69) is 0 Å². The number of aliphatic hydroxyl groups excluding tert-OH is 3. The van der Waals surface area contributed by atoms with Crippen LogP contribution >= 0.6 is 0 Å². The molecule has 11 heteroatoms. The molecule has 2 heterocycles. The van der Waals surface area contributed by atoms with Gasteiger partial charge in [0.25, 0.3) is 0 Å². The Balaban J connectivity index is 1.93. The molecule has 2 aromatic carbocycles. The molecule has 0 bridgehead atoms. The number of rotatable bonds is 4. The number of hydrogen-bond donors (Lipinski definition) is 6. The van der Waals surface area contributed by atoms with Gasteiger partial charge in [0.1, 0.15) is 40.8 Å². The largest absolute Gasteiger partial charge is 0.507 e. The average molecular weight is 462 g/mol. The van der Waals surface area contributed by atoms with Crippen LogP contribution in [0.5, 0.6) is 28.7 Å².